The summed E-state index contributed by atoms with van der Waals surface area (Å²) >= 11 is 6.36. The van der Waals surface area contributed by atoms with Crippen molar-refractivity contribution in [1.29, 1.82) is 0 Å². The van der Waals surface area contributed by atoms with Crippen LogP contribution < -0.4 is 14.8 Å². The number of rotatable bonds is 8. The summed E-state index contributed by atoms with van der Waals surface area (Å²) in [5, 5.41) is 4.06. The lowest BCUT2D eigenvalue weighted by Crippen LogP contribution is -2.04. The van der Waals surface area contributed by atoms with Crippen LogP contribution in [0, 0.1) is 0 Å². The van der Waals surface area contributed by atoms with Crippen LogP contribution in [0.5, 0.6) is 11.5 Å². The minimum absolute atomic E-state index is 0.557. The third-order valence-corrected chi connectivity index (χ3v) is 3.82. The van der Waals surface area contributed by atoms with Gasteiger partial charge in [0.2, 0.25) is 0 Å². The number of nitrogens with one attached hydrogen (secondary N) is 1. The molecular formula is C19H24ClNO2. The van der Waals surface area contributed by atoms with Gasteiger partial charge in [-0.15, -0.1) is 0 Å². The van der Waals surface area contributed by atoms with Crippen molar-refractivity contribution < 1.29 is 9.47 Å². The third-order valence-electron chi connectivity index (χ3n) is 3.54. The molecule has 23 heavy (non-hydrogen) atoms. The number of hydrogen-bond acceptors (Lipinski definition) is 3. The fourth-order valence-corrected chi connectivity index (χ4v) is 2.76. The van der Waals surface area contributed by atoms with Crippen LogP contribution in [0.1, 0.15) is 31.9 Å². The van der Waals surface area contributed by atoms with E-state index < -0.39 is 0 Å². The van der Waals surface area contributed by atoms with Crippen molar-refractivity contribution in [3.8, 4) is 11.5 Å². The summed E-state index contributed by atoms with van der Waals surface area (Å²) in [7, 11) is 0. The molecule has 0 aliphatic carbocycles. The van der Waals surface area contributed by atoms with Crippen molar-refractivity contribution in [2.45, 2.75) is 33.7 Å². The summed E-state index contributed by atoms with van der Waals surface area (Å²) < 4.78 is 11.3. The molecule has 2 aromatic carbocycles. The van der Waals surface area contributed by atoms with E-state index in [9.17, 15) is 0 Å². The fraction of sp³-hybridized carbons (Fsp3) is 0.368. The van der Waals surface area contributed by atoms with E-state index in [1.807, 2.05) is 32.0 Å². The first-order valence-corrected chi connectivity index (χ1v) is 8.47. The molecule has 0 aliphatic heterocycles. The first kappa shape index (κ1) is 17.5. The summed E-state index contributed by atoms with van der Waals surface area (Å²) in [4.78, 5) is 0. The van der Waals surface area contributed by atoms with Gasteiger partial charge in [-0.3, -0.25) is 0 Å². The van der Waals surface area contributed by atoms with Gasteiger partial charge in [0, 0.05) is 12.2 Å². The topological polar surface area (TPSA) is 30.5 Å². The van der Waals surface area contributed by atoms with Crippen LogP contribution in [0.15, 0.2) is 36.4 Å². The number of aryl methyl sites for hydroxylation is 1. The van der Waals surface area contributed by atoms with Gasteiger partial charge in [-0.05, 0) is 49.6 Å². The lowest BCUT2D eigenvalue weighted by Gasteiger charge is -2.16. The number of hydrogen-bond donors (Lipinski definition) is 1. The van der Waals surface area contributed by atoms with Crippen LogP contribution >= 0.6 is 11.6 Å². The van der Waals surface area contributed by atoms with E-state index >= 15 is 0 Å². The van der Waals surface area contributed by atoms with Gasteiger partial charge in [0.15, 0.2) is 11.5 Å². The Balaban J connectivity index is 2.19. The van der Waals surface area contributed by atoms with E-state index in [-0.39, 0.29) is 0 Å². The predicted molar refractivity (Wildman–Crippen MR) is 96.9 cm³/mol. The highest BCUT2D eigenvalue weighted by Gasteiger charge is 2.12. The molecule has 4 heteroatoms. The van der Waals surface area contributed by atoms with Crippen LogP contribution in [0.4, 0.5) is 5.69 Å². The highest BCUT2D eigenvalue weighted by Crippen LogP contribution is 2.37. The first-order valence-electron chi connectivity index (χ1n) is 8.09. The Morgan fingerprint density at radius 2 is 1.74 bits per heavy atom. The molecule has 0 bridgehead atoms. The van der Waals surface area contributed by atoms with Gasteiger partial charge < -0.3 is 14.8 Å². The maximum atomic E-state index is 6.36. The summed E-state index contributed by atoms with van der Waals surface area (Å²) in [6.45, 7) is 7.85. The van der Waals surface area contributed by atoms with Gasteiger partial charge in [0.25, 0.3) is 0 Å². The van der Waals surface area contributed by atoms with Gasteiger partial charge in [0.1, 0.15) is 0 Å². The van der Waals surface area contributed by atoms with Gasteiger partial charge in [-0.2, -0.15) is 0 Å². The monoisotopic (exact) mass is 333 g/mol. The Morgan fingerprint density at radius 3 is 2.43 bits per heavy atom. The molecule has 1 N–H and O–H groups in total. The summed E-state index contributed by atoms with van der Waals surface area (Å²) in [5.41, 5.74) is 3.51. The molecule has 124 valence electrons. The second-order valence-corrected chi connectivity index (χ2v) is 5.54. The molecule has 2 rings (SSSR count). The minimum atomic E-state index is 0.557. The molecule has 0 saturated heterocycles. The standard InChI is InChI=1S/C19H24ClNO2/c1-4-15-9-7-8-10-17(15)21-13-14-11-16(20)19(23-6-3)18(12-14)22-5-2/h7-12,21H,4-6,13H2,1-3H3. The molecule has 0 atom stereocenters. The van der Waals surface area contributed by atoms with Crippen molar-refractivity contribution >= 4 is 17.3 Å². The fourth-order valence-electron chi connectivity index (χ4n) is 2.47. The maximum Gasteiger partial charge on any atom is 0.179 e. The second kappa shape index (κ2) is 8.68. The highest BCUT2D eigenvalue weighted by atomic mass is 35.5. The highest BCUT2D eigenvalue weighted by molar-refractivity contribution is 6.32. The van der Waals surface area contributed by atoms with Crippen molar-refractivity contribution in [2.75, 3.05) is 18.5 Å². The Bertz CT molecular complexity index is 643. The smallest absolute Gasteiger partial charge is 0.179 e. The molecule has 0 amide bonds. The van der Waals surface area contributed by atoms with Gasteiger partial charge in [0.05, 0.1) is 18.2 Å². The SMILES string of the molecule is CCOc1cc(CNc2ccccc2CC)cc(Cl)c1OCC. The molecule has 3 nitrogen and oxygen atoms in total. The van der Waals surface area contributed by atoms with E-state index in [4.69, 9.17) is 21.1 Å². The number of benzene rings is 2. The summed E-state index contributed by atoms with van der Waals surface area (Å²) in [6.07, 6.45) is 0.997. The Hall–Kier alpha value is -1.87. The van der Waals surface area contributed by atoms with E-state index in [0.717, 1.165) is 17.7 Å². The maximum absolute atomic E-state index is 6.36. The lowest BCUT2D eigenvalue weighted by molar-refractivity contribution is 0.287. The number of halogens is 1. The molecular weight excluding hydrogens is 310 g/mol. The van der Waals surface area contributed by atoms with Crippen LogP contribution in [-0.2, 0) is 13.0 Å². The second-order valence-electron chi connectivity index (χ2n) is 5.14. The third kappa shape index (κ3) is 4.55. The number of para-hydroxylation sites is 1. The van der Waals surface area contributed by atoms with Gasteiger partial charge in [-0.25, -0.2) is 0 Å². The molecule has 0 aromatic heterocycles. The number of ether oxygens (including phenoxy) is 2. The van der Waals surface area contributed by atoms with E-state index in [2.05, 4.69) is 30.4 Å². The predicted octanol–water partition coefficient (Wildman–Crippen LogP) is 5.31. The number of anilines is 1. The van der Waals surface area contributed by atoms with E-state index in [0.29, 0.717) is 36.3 Å². The molecule has 0 aliphatic rings. The summed E-state index contributed by atoms with van der Waals surface area (Å²) in [6, 6.07) is 12.2. The molecule has 0 unspecified atom stereocenters. The lowest BCUT2D eigenvalue weighted by atomic mass is 10.1. The zero-order chi connectivity index (χ0) is 16.7. The zero-order valence-corrected chi connectivity index (χ0v) is 14.7. The molecule has 0 heterocycles. The Kier molecular flexibility index (Phi) is 6.60. The van der Waals surface area contributed by atoms with Gasteiger partial charge in [-0.1, -0.05) is 36.7 Å². The quantitative estimate of drug-likeness (QED) is 0.710. The first-order chi connectivity index (χ1) is 11.2. The van der Waals surface area contributed by atoms with E-state index in [1.54, 1.807) is 0 Å². The molecule has 2 aromatic rings. The van der Waals surface area contributed by atoms with Crippen LogP contribution in [0.2, 0.25) is 5.02 Å². The largest absolute Gasteiger partial charge is 0.490 e. The van der Waals surface area contributed by atoms with Crippen molar-refractivity contribution in [2.24, 2.45) is 0 Å². The van der Waals surface area contributed by atoms with Crippen LogP contribution in [0.25, 0.3) is 0 Å². The summed E-state index contributed by atoms with van der Waals surface area (Å²) in [5.74, 6) is 1.32. The zero-order valence-electron chi connectivity index (χ0n) is 14.0. The Morgan fingerprint density at radius 1 is 1.00 bits per heavy atom. The molecule has 0 spiro atoms. The average Bonchev–Trinajstić information content (AvgIpc) is 2.56. The molecule has 0 saturated carbocycles. The Labute approximate surface area is 143 Å². The molecule has 0 radical (unpaired) electrons. The van der Waals surface area contributed by atoms with E-state index in [1.165, 1.54) is 5.56 Å². The minimum Gasteiger partial charge on any atom is -0.490 e. The van der Waals surface area contributed by atoms with Gasteiger partial charge >= 0.3 is 0 Å². The van der Waals surface area contributed by atoms with Crippen LogP contribution in [-0.4, -0.2) is 13.2 Å². The van der Waals surface area contributed by atoms with Crippen molar-refractivity contribution in [3.63, 3.8) is 0 Å². The average molecular weight is 334 g/mol. The van der Waals surface area contributed by atoms with Crippen molar-refractivity contribution in [3.05, 3.63) is 52.5 Å². The normalized spacial score (nSPS) is 10.4. The molecule has 0 fully saturated rings. The van der Waals surface area contributed by atoms with Crippen molar-refractivity contribution in [1.82, 2.24) is 0 Å². The van der Waals surface area contributed by atoms with Crippen LogP contribution in [0.3, 0.4) is 0 Å².